The van der Waals surface area contributed by atoms with E-state index in [-0.39, 0.29) is 12.6 Å². The van der Waals surface area contributed by atoms with Gasteiger partial charge in [-0.25, -0.2) is 4.79 Å². The van der Waals surface area contributed by atoms with Crippen LogP contribution < -0.4 is 10.6 Å². The van der Waals surface area contributed by atoms with E-state index in [0.29, 0.717) is 31.2 Å². The zero-order chi connectivity index (χ0) is 16.5. The number of aryl methyl sites for hydroxylation is 1. The molecule has 0 unspecified atom stereocenters. The van der Waals surface area contributed by atoms with Crippen molar-refractivity contribution in [1.82, 2.24) is 20.8 Å². The second kappa shape index (κ2) is 8.89. The van der Waals surface area contributed by atoms with Gasteiger partial charge in [0.1, 0.15) is 0 Å². The van der Waals surface area contributed by atoms with Gasteiger partial charge in [-0.15, -0.1) is 0 Å². The summed E-state index contributed by atoms with van der Waals surface area (Å²) in [5, 5.41) is 18.0. The van der Waals surface area contributed by atoms with Gasteiger partial charge in [0.15, 0.2) is 5.82 Å². The van der Waals surface area contributed by atoms with Crippen molar-refractivity contribution in [2.24, 2.45) is 0 Å². The van der Waals surface area contributed by atoms with Crippen LogP contribution in [0.3, 0.4) is 0 Å². The van der Waals surface area contributed by atoms with Crippen molar-refractivity contribution < 1.29 is 14.4 Å². The molecule has 0 spiro atoms. The number of benzene rings is 1. The van der Waals surface area contributed by atoms with Crippen LogP contribution in [0.15, 0.2) is 28.8 Å². The molecule has 7 nitrogen and oxygen atoms in total. The molecule has 2 rings (SSSR count). The highest BCUT2D eigenvalue weighted by atomic mass is 16.5. The van der Waals surface area contributed by atoms with E-state index in [1.807, 2.05) is 31.2 Å². The maximum Gasteiger partial charge on any atom is 0.314 e. The van der Waals surface area contributed by atoms with Gasteiger partial charge in [0, 0.05) is 31.7 Å². The Bertz CT molecular complexity index is 610. The smallest absolute Gasteiger partial charge is 0.314 e. The van der Waals surface area contributed by atoms with Crippen LogP contribution in [-0.4, -0.2) is 41.0 Å². The number of aliphatic hydroxyl groups is 1. The Hall–Kier alpha value is -2.41. The van der Waals surface area contributed by atoms with Crippen LogP contribution in [0.25, 0.3) is 11.5 Å². The Kier molecular flexibility index (Phi) is 6.56. The van der Waals surface area contributed by atoms with Crippen LogP contribution in [0.2, 0.25) is 0 Å². The Morgan fingerprint density at radius 3 is 2.61 bits per heavy atom. The van der Waals surface area contributed by atoms with Crippen molar-refractivity contribution in [3.8, 4) is 11.5 Å². The number of nitrogens with zero attached hydrogens (tertiary/aromatic N) is 2. The molecule has 124 valence electrons. The van der Waals surface area contributed by atoms with Gasteiger partial charge >= 0.3 is 6.03 Å². The molecule has 23 heavy (non-hydrogen) atoms. The highest BCUT2D eigenvalue weighted by Crippen LogP contribution is 2.18. The second-order valence-electron chi connectivity index (χ2n) is 5.08. The third kappa shape index (κ3) is 5.37. The Morgan fingerprint density at radius 1 is 1.22 bits per heavy atom. The monoisotopic (exact) mass is 318 g/mol. The Labute approximate surface area is 135 Å². The normalized spacial score (nSPS) is 10.5. The summed E-state index contributed by atoms with van der Waals surface area (Å²) in [6.07, 6.45) is 2.04. The van der Waals surface area contributed by atoms with Crippen LogP contribution in [0.5, 0.6) is 0 Å². The minimum atomic E-state index is -0.215. The maximum atomic E-state index is 11.4. The van der Waals surface area contributed by atoms with E-state index < -0.39 is 0 Å². The number of nitrogens with one attached hydrogen (secondary N) is 2. The Balaban J connectivity index is 1.78. The third-order valence-corrected chi connectivity index (χ3v) is 3.30. The van der Waals surface area contributed by atoms with E-state index in [1.165, 1.54) is 0 Å². The number of aromatic nitrogens is 2. The molecule has 0 aliphatic rings. The fourth-order valence-corrected chi connectivity index (χ4v) is 1.99. The number of carbonyl (C=O) groups is 1. The maximum absolute atomic E-state index is 11.4. The molecule has 0 radical (unpaired) electrons. The molecule has 0 atom stereocenters. The van der Waals surface area contributed by atoms with Gasteiger partial charge in [-0.2, -0.15) is 4.98 Å². The number of hydrogen-bond acceptors (Lipinski definition) is 5. The van der Waals surface area contributed by atoms with Gasteiger partial charge in [-0.05, 0) is 30.5 Å². The zero-order valence-corrected chi connectivity index (χ0v) is 13.2. The van der Waals surface area contributed by atoms with Gasteiger partial charge in [0.05, 0.1) is 0 Å². The average Bonchev–Trinajstić information content (AvgIpc) is 3.05. The van der Waals surface area contributed by atoms with Crippen molar-refractivity contribution in [2.45, 2.75) is 26.2 Å². The SMILES string of the molecule is CCc1noc(-c2ccc(CCNC(=O)NCCCO)cc2)n1. The molecular weight excluding hydrogens is 296 g/mol. The summed E-state index contributed by atoms with van der Waals surface area (Å²) >= 11 is 0. The largest absolute Gasteiger partial charge is 0.396 e. The topological polar surface area (TPSA) is 100 Å². The van der Waals surface area contributed by atoms with Gasteiger partial charge in [-0.1, -0.05) is 24.2 Å². The third-order valence-electron chi connectivity index (χ3n) is 3.30. The van der Waals surface area contributed by atoms with Gasteiger partial charge in [-0.3, -0.25) is 0 Å². The molecule has 2 aromatic rings. The molecule has 3 N–H and O–H groups in total. The standard InChI is InChI=1S/C16H22N4O3/c1-2-14-19-15(23-20-14)13-6-4-12(5-7-13)8-10-18-16(22)17-9-3-11-21/h4-7,21H,2-3,8-11H2,1H3,(H2,17,18,22). The Morgan fingerprint density at radius 2 is 1.96 bits per heavy atom. The fraction of sp³-hybridized carbons (Fsp3) is 0.438. The zero-order valence-electron chi connectivity index (χ0n) is 13.2. The van der Waals surface area contributed by atoms with E-state index in [9.17, 15) is 4.79 Å². The molecule has 1 aromatic carbocycles. The lowest BCUT2D eigenvalue weighted by Crippen LogP contribution is -2.37. The lowest BCUT2D eigenvalue weighted by atomic mass is 10.1. The van der Waals surface area contributed by atoms with Crippen molar-refractivity contribution >= 4 is 6.03 Å². The number of rotatable bonds is 8. The van der Waals surface area contributed by atoms with Gasteiger partial charge in [0.25, 0.3) is 5.89 Å². The van der Waals surface area contributed by atoms with Crippen molar-refractivity contribution in [3.05, 3.63) is 35.7 Å². The van der Waals surface area contributed by atoms with E-state index in [1.54, 1.807) is 0 Å². The predicted molar refractivity (Wildman–Crippen MR) is 85.9 cm³/mol. The quantitative estimate of drug-likeness (QED) is 0.641. The lowest BCUT2D eigenvalue weighted by molar-refractivity contribution is 0.238. The van der Waals surface area contributed by atoms with Crippen molar-refractivity contribution in [2.75, 3.05) is 19.7 Å². The molecule has 1 heterocycles. The molecule has 0 bridgehead atoms. The molecule has 2 amide bonds. The van der Waals surface area contributed by atoms with Crippen LogP contribution in [-0.2, 0) is 12.8 Å². The van der Waals surface area contributed by atoms with Gasteiger partial charge < -0.3 is 20.3 Å². The first-order chi connectivity index (χ1) is 11.2. The number of hydrogen-bond donors (Lipinski definition) is 3. The van der Waals surface area contributed by atoms with Gasteiger partial charge in [0.2, 0.25) is 0 Å². The molecule has 1 aromatic heterocycles. The summed E-state index contributed by atoms with van der Waals surface area (Å²) in [6.45, 7) is 3.07. The molecule has 0 fully saturated rings. The summed E-state index contributed by atoms with van der Waals surface area (Å²) < 4.78 is 5.20. The van der Waals surface area contributed by atoms with E-state index in [0.717, 1.165) is 24.0 Å². The highest BCUT2D eigenvalue weighted by Gasteiger charge is 2.07. The number of amides is 2. The molecule has 7 heteroatoms. The molecule has 0 aliphatic carbocycles. The van der Waals surface area contributed by atoms with Crippen LogP contribution in [0.4, 0.5) is 4.79 Å². The molecular formula is C16H22N4O3. The van der Waals surface area contributed by atoms with E-state index in [2.05, 4.69) is 20.8 Å². The first-order valence-corrected chi connectivity index (χ1v) is 7.77. The summed E-state index contributed by atoms with van der Waals surface area (Å²) in [4.78, 5) is 15.7. The molecule has 0 saturated carbocycles. The van der Waals surface area contributed by atoms with E-state index >= 15 is 0 Å². The molecule has 0 aliphatic heterocycles. The summed E-state index contributed by atoms with van der Waals surface area (Å²) in [5.41, 5.74) is 2.00. The number of urea groups is 1. The van der Waals surface area contributed by atoms with Crippen LogP contribution in [0.1, 0.15) is 24.7 Å². The summed E-state index contributed by atoms with van der Waals surface area (Å²) in [6, 6.07) is 7.62. The lowest BCUT2D eigenvalue weighted by Gasteiger charge is -2.07. The second-order valence-corrected chi connectivity index (χ2v) is 5.08. The minimum Gasteiger partial charge on any atom is -0.396 e. The van der Waals surface area contributed by atoms with Crippen molar-refractivity contribution in [1.29, 1.82) is 0 Å². The van der Waals surface area contributed by atoms with Crippen LogP contribution >= 0.6 is 0 Å². The first kappa shape index (κ1) is 17.0. The van der Waals surface area contributed by atoms with Crippen LogP contribution in [0, 0.1) is 0 Å². The minimum absolute atomic E-state index is 0.0758. The van der Waals surface area contributed by atoms with Crippen molar-refractivity contribution in [3.63, 3.8) is 0 Å². The number of aliphatic hydroxyl groups excluding tert-OH is 1. The average molecular weight is 318 g/mol. The predicted octanol–water partition coefficient (Wildman–Crippen LogP) is 1.52. The first-order valence-electron chi connectivity index (χ1n) is 7.77. The number of carbonyl (C=O) groups excluding carboxylic acids is 1. The summed E-state index contributed by atoms with van der Waals surface area (Å²) in [5.74, 6) is 1.22. The fourth-order valence-electron chi connectivity index (χ4n) is 1.99. The summed E-state index contributed by atoms with van der Waals surface area (Å²) in [7, 11) is 0. The highest BCUT2D eigenvalue weighted by molar-refractivity contribution is 5.73. The van der Waals surface area contributed by atoms with E-state index in [4.69, 9.17) is 9.63 Å². The molecule has 0 saturated heterocycles.